The van der Waals surface area contributed by atoms with Gasteiger partial charge in [0.15, 0.2) is 0 Å². The first-order valence-corrected chi connectivity index (χ1v) is 8.73. The molecule has 21 heavy (non-hydrogen) atoms. The van der Waals surface area contributed by atoms with Crippen LogP contribution < -0.4 is 5.73 Å². The highest BCUT2D eigenvalue weighted by atomic mass is 35.5. The summed E-state index contributed by atoms with van der Waals surface area (Å²) in [6, 6.07) is 4.69. The molecule has 0 aromatic heterocycles. The van der Waals surface area contributed by atoms with Crippen LogP contribution in [0, 0.1) is 5.92 Å². The Morgan fingerprint density at radius 1 is 1.48 bits per heavy atom. The van der Waals surface area contributed by atoms with Gasteiger partial charge in [-0.25, -0.2) is 8.42 Å². The van der Waals surface area contributed by atoms with Gasteiger partial charge in [-0.1, -0.05) is 24.6 Å². The van der Waals surface area contributed by atoms with Crippen molar-refractivity contribution >= 4 is 21.6 Å². The molecule has 1 heterocycles. The minimum atomic E-state index is -3.55. The van der Waals surface area contributed by atoms with E-state index in [-0.39, 0.29) is 17.5 Å². The van der Waals surface area contributed by atoms with Crippen LogP contribution in [0.5, 0.6) is 0 Å². The van der Waals surface area contributed by atoms with Crippen molar-refractivity contribution in [3.63, 3.8) is 0 Å². The number of piperidine rings is 1. The van der Waals surface area contributed by atoms with E-state index in [0.29, 0.717) is 24.0 Å². The molecule has 2 unspecified atom stereocenters. The Morgan fingerprint density at radius 2 is 2.19 bits per heavy atom. The number of rotatable bonds is 4. The number of nitrogens with zero attached hydrogens (tertiary/aromatic N) is 1. The van der Waals surface area contributed by atoms with Crippen molar-refractivity contribution in [2.75, 3.05) is 20.2 Å². The van der Waals surface area contributed by atoms with E-state index in [2.05, 4.69) is 6.92 Å². The van der Waals surface area contributed by atoms with Crippen LogP contribution in [-0.4, -0.2) is 39.0 Å². The first kappa shape index (κ1) is 16.7. The summed E-state index contributed by atoms with van der Waals surface area (Å²) in [7, 11) is -1.93. The van der Waals surface area contributed by atoms with Crippen LogP contribution in [0.25, 0.3) is 0 Å². The van der Waals surface area contributed by atoms with Gasteiger partial charge in [-0.2, -0.15) is 4.31 Å². The molecular formula is C14H21ClN2O3S. The lowest BCUT2D eigenvalue weighted by Crippen LogP contribution is -2.46. The van der Waals surface area contributed by atoms with Crippen molar-refractivity contribution in [3.05, 3.63) is 28.8 Å². The maximum Gasteiger partial charge on any atom is 0.243 e. The Labute approximate surface area is 131 Å². The minimum absolute atomic E-state index is 0.0766. The molecule has 7 heteroatoms. The fourth-order valence-corrected chi connectivity index (χ4v) is 4.35. The monoisotopic (exact) mass is 332 g/mol. The van der Waals surface area contributed by atoms with Crippen molar-refractivity contribution in [3.8, 4) is 0 Å². The summed E-state index contributed by atoms with van der Waals surface area (Å²) >= 11 is 6.07. The first-order valence-electron chi connectivity index (χ1n) is 6.91. The van der Waals surface area contributed by atoms with E-state index < -0.39 is 10.0 Å². The molecule has 118 valence electrons. The number of hydrogen-bond acceptors (Lipinski definition) is 4. The van der Waals surface area contributed by atoms with Gasteiger partial charge in [0.1, 0.15) is 0 Å². The third-order valence-electron chi connectivity index (χ3n) is 4.04. The molecule has 0 radical (unpaired) electrons. The maximum atomic E-state index is 12.7. The van der Waals surface area contributed by atoms with Crippen LogP contribution in [0.3, 0.4) is 0 Å². The molecule has 1 aromatic carbocycles. The van der Waals surface area contributed by atoms with Crippen molar-refractivity contribution in [1.29, 1.82) is 0 Å². The molecule has 5 nitrogen and oxygen atoms in total. The second-order valence-electron chi connectivity index (χ2n) is 5.36. The summed E-state index contributed by atoms with van der Waals surface area (Å²) in [5.41, 5.74) is 6.28. The SMILES string of the molecule is COC1CN(S(=O)(=O)c2ccc(CN)c(Cl)c2)CCC1C. The lowest BCUT2D eigenvalue weighted by molar-refractivity contribution is 0.0184. The van der Waals surface area contributed by atoms with Crippen molar-refractivity contribution in [2.45, 2.75) is 30.9 Å². The summed E-state index contributed by atoms with van der Waals surface area (Å²) in [6.07, 6.45) is 0.708. The maximum absolute atomic E-state index is 12.7. The Balaban J connectivity index is 2.27. The van der Waals surface area contributed by atoms with Crippen LogP contribution in [0.2, 0.25) is 5.02 Å². The van der Waals surface area contributed by atoms with Gasteiger partial charge in [-0.3, -0.25) is 0 Å². The molecule has 2 N–H and O–H groups in total. The zero-order valence-electron chi connectivity index (χ0n) is 12.3. The van der Waals surface area contributed by atoms with Crippen LogP contribution in [-0.2, 0) is 21.3 Å². The lowest BCUT2D eigenvalue weighted by Gasteiger charge is -2.35. The van der Waals surface area contributed by atoms with E-state index >= 15 is 0 Å². The highest BCUT2D eigenvalue weighted by Gasteiger charge is 2.33. The van der Waals surface area contributed by atoms with E-state index in [9.17, 15) is 8.42 Å². The molecule has 1 saturated heterocycles. The molecule has 0 amide bonds. The fraction of sp³-hybridized carbons (Fsp3) is 0.571. The topological polar surface area (TPSA) is 72.6 Å². The van der Waals surface area contributed by atoms with Gasteiger partial charge in [0, 0.05) is 31.8 Å². The second-order valence-corrected chi connectivity index (χ2v) is 7.71. The van der Waals surface area contributed by atoms with Crippen LogP contribution >= 0.6 is 11.6 Å². The molecule has 0 aliphatic carbocycles. The molecule has 1 aliphatic heterocycles. The van der Waals surface area contributed by atoms with E-state index in [1.165, 1.54) is 10.4 Å². The van der Waals surface area contributed by atoms with E-state index in [1.54, 1.807) is 19.2 Å². The third-order valence-corrected chi connectivity index (χ3v) is 6.25. The summed E-state index contributed by atoms with van der Waals surface area (Å²) in [5.74, 6) is 0.352. The molecular weight excluding hydrogens is 312 g/mol. The number of sulfonamides is 1. The summed E-state index contributed by atoms with van der Waals surface area (Å²) in [6.45, 7) is 3.23. The Hall–Kier alpha value is -0.660. The average molecular weight is 333 g/mol. The summed E-state index contributed by atoms with van der Waals surface area (Å²) < 4.78 is 32.2. The Kier molecular flexibility index (Phi) is 5.27. The smallest absolute Gasteiger partial charge is 0.243 e. The standard InChI is InChI=1S/C14H21ClN2O3S/c1-10-5-6-17(9-14(10)20-2)21(18,19)12-4-3-11(8-16)13(15)7-12/h3-4,7,10,14H,5-6,8-9,16H2,1-2H3. The van der Waals surface area contributed by atoms with Gasteiger partial charge >= 0.3 is 0 Å². The highest BCUT2D eigenvalue weighted by Crippen LogP contribution is 2.27. The van der Waals surface area contributed by atoms with Crippen molar-refractivity contribution in [2.24, 2.45) is 11.7 Å². The number of benzene rings is 1. The molecule has 0 spiro atoms. The molecule has 2 atom stereocenters. The number of methoxy groups -OCH3 is 1. The third kappa shape index (κ3) is 3.40. The number of ether oxygens (including phenoxy) is 1. The zero-order chi connectivity index (χ0) is 15.6. The molecule has 0 bridgehead atoms. The fourth-order valence-electron chi connectivity index (χ4n) is 2.53. The molecule has 2 rings (SSSR count). The van der Waals surface area contributed by atoms with Crippen LogP contribution in [0.4, 0.5) is 0 Å². The van der Waals surface area contributed by atoms with Crippen molar-refractivity contribution < 1.29 is 13.2 Å². The van der Waals surface area contributed by atoms with Gasteiger partial charge in [-0.05, 0) is 30.0 Å². The van der Waals surface area contributed by atoms with E-state index in [0.717, 1.165) is 12.0 Å². The zero-order valence-corrected chi connectivity index (χ0v) is 13.8. The lowest BCUT2D eigenvalue weighted by atomic mass is 9.97. The average Bonchev–Trinajstić information content (AvgIpc) is 2.47. The van der Waals surface area contributed by atoms with Gasteiger partial charge in [0.25, 0.3) is 0 Å². The quantitative estimate of drug-likeness (QED) is 0.913. The van der Waals surface area contributed by atoms with Gasteiger partial charge in [0.2, 0.25) is 10.0 Å². The Bertz CT molecular complexity index is 606. The highest BCUT2D eigenvalue weighted by molar-refractivity contribution is 7.89. The minimum Gasteiger partial charge on any atom is -0.380 e. The molecule has 0 saturated carbocycles. The second kappa shape index (κ2) is 6.62. The number of nitrogens with two attached hydrogens (primary N) is 1. The number of halogens is 1. The van der Waals surface area contributed by atoms with Gasteiger partial charge < -0.3 is 10.5 Å². The summed E-state index contributed by atoms with van der Waals surface area (Å²) in [4.78, 5) is 0.203. The summed E-state index contributed by atoms with van der Waals surface area (Å²) in [5, 5.41) is 0.382. The predicted octanol–water partition coefficient (Wildman–Crippen LogP) is 1.84. The first-order chi connectivity index (χ1) is 9.90. The van der Waals surface area contributed by atoms with Crippen LogP contribution in [0.15, 0.2) is 23.1 Å². The van der Waals surface area contributed by atoms with E-state index in [4.69, 9.17) is 22.1 Å². The Morgan fingerprint density at radius 3 is 2.76 bits per heavy atom. The molecule has 1 aliphatic rings. The number of hydrogen-bond donors (Lipinski definition) is 1. The van der Waals surface area contributed by atoms with Gasteiger partial charge in [0.05, 0.1) is 11.0 Å². The molecule has 1 aromatic rings. The normalized spacial score (nSPS) is 24.2. The largest absolute Gasteiger partial charge is 0.380 e. The predicted molar refractivity (Wildman–Crippen MR) is 82.7 cm³/mol. The van der Waals surface area contributed by atoms with Gasteiger partial charge in [-0.15, -0.1) is 0 Å². The van der Waals surface area contributed by atoms with E-state index in [1.807, 2.05) is 0 Å². The van der Waals surface area contributed by atoms with Crippen molar-refractivity contribution in [1.82, 2.24) is 4.31 Å². The van der Waals surface area contributed by atoms with Crippen LogP contribution in [0.1, 0.15) is 18.9 Å². The molecule has 1 fully saturated rings.